The molecule has 0 fully saturated rings. The van der Waals surface area contributed by atoms with Crippen molar-refractivity contribution >= 4 is 11.9 Å². The first kappa shape index (κ1) is 72.6. The average molecular weight is 1060 g/mol. The molecule has 0 bridgehead atoms. The second-order valence-corrected chi connectivity index (χ2v) is 21.5. The molecule has 1 N–H and O–H groups in total. The molecule has 0 aliphatic heterocycles. The zero-order valence-corrected chi connectivity index (χ0v) is 50.0. The van der Waals surface area contributed by atoms with E-state index in [1.165, 1.54) is 186 Å². The summed E-state index contributed by atoms with van der Waals surface area (Å²) in [5.41, 5.74) is 0. The van der Waals surface area contributed by atoms with E-state index in [9.17, 15) is 14.7 Å². The molecule has 0 saturated heterocycles. The Morgan fingerprint density at radius 3 is 0.855 bits per heavy atom. The van der Waals surface area contributed by atoms with Crippen molar-refractivity contribution in [3.63, 3.8) is 0 Å². The van der Waals surface area contributed by atoms with E-state index >= 15 is 0 Å². The van der Waals surface area contributed by atoms with Gasteiger partial charge in [-0.15, -0.1) is 0 Å². The van der Waals surface area contributed by atoms with Gasteiger partial charge < -0.3 is 14.6 Å². The first-order valence-corrected chi connectivity index (χ1v) is 32.4. The molecule has 0 spiro atoms. The number of carbonyl (C=O) groups excluding carboxylic acids is 2. The van der Waals surface area contributed by atoms with Crippen LogP contribution in [0.4, 0.5) is 0 Å². The Kier molecular flexibility index (Phi) is 62.9. The molecule has 5 nitrogen and oxygen atoms in total. The van der Waals surface area contributed by atoms with Crippen LogP contribution in [0.5, 0.6) is 0 Å². The fraction of sp³-hybridized carbons (Fsp3) is 0.718. The largest absolute Gasteiger partial charge is 0.462 e. The van der Waals surface area contributed by atoms with Gasteiger partial charge in [-0.1, -0.05) is 303 Å². The minimum Gasteiger partial charge on any atom is -0.462 e. The standard InChI is InChI=1S/C71H122O5/c1-3-5-7-9-11-13-15-17-19-21-23-25-26-27-28-29-30-31-32-33-34-35-36-37-38-39-40-41-42-43-44-46-48-50-52-54-56-58-60-62-64-66-71(74)76-69(67-72)68-75-70(73)65-63-61-59-57-55-53-51-49-47-45-24-22-20-18-16-14-12-10-8-6-4-2/h5,7,11,13,16-19,22-25,27-28,30-31,47,49,69,72H,3-4,6,8-10,12,14-15,20-21,26,29,32-46,48,50-68H2,1-2H3/b7-5-,13-11-,18-16-,19-17-,24-22-,25-23-,28-27-,31-30-,49-47-. The molecule has 0 amide bonds. The van der Waals surface area contributed by atoms with E-state index in [4.69, 9.17) is 9.47 Å². The van der Waals surface area contributed by atoms with Crippen LogP contribution in [-0.2, 0) is 19.1 Å². The van der Waals surface area contributed by atoms with Gasteiger partial charge in [0.05, 0.1) is 6.61 Å². The Hall–Kier alpha value is -3.44. The van der Waals surface area contributed by atoms with E-state index in [-0.39, 0.29) is 25.2 Å². The summed E-state index contributed by atoms with van der Waals surface area (Å²) in [6.45, 7) is 4.02. The van der Waals surface area contributed by atoms with Crippen LogP contribution < -0.4 is 0 Å². The summed E-state index contributed by atoms with van der Waals surface area (Å²) in [5.74, 6) is -0.597. The van der Waals surface area contributed by atoms with Gasteiger partial charge in [0.2, 0.25) is 0 Å². The molecule has 0 rings (SSSR count). The second-order valence-electron chi connectivity index (χ2n) is 21.5. The Morgan fingerprint density at radius 1 is 0.316 bits per heavy atom. The highest BCUT2D eigenvalue weighted by Gasteiger charge is 2.16. The predicted molar refractivity (Wildman–Crippen MR) is 334 cm³/mol. The predicted octanol–water partition coefficient (Wildman–Crippen LogP) is 22.4. The van der Waals surface area contributed by atoms with Crippen LogP contribution in [0, 0.1) is 0 Å². The summed E-state index contributed by atoms with van der Waals surface area (Å²) in [6.07, 6.45) is 95.3. The molecule has 1 atom stereocenters. The lowest BCUT2D eigenvalue weighted by Gasteiger charge is -2.15. The van der Waals surface area contributed by atoms with Gasteiger partial charge in [-0.2, -0.15) is 0 Å². The second kappa shape index (κ2) is 65.8. The number of esters is 2. The number of ether oxygens (including phenoxy) is 2. The average Bonchev–Trinajstić information content (AvgIpc) is 3.42. The van der Waals surface area contributed by atoms with Crippen LogP contribution in [-0.4, -0.2) is 36.4 Å². The highest BCUT2D eigenvalue weighted by molar-refractivity contribution is 5.70. The molecular weight excluding hydrogens is 933 g/mol. The van der Waals surface area contributed by atoms with Crippen molar-refractivity contribution < 1.29 is 24.2 Å². The number of carbonyl (C=O) groups is 2. The summed E-state index contributed by atoms with van der Waals surface area (Å²) >= 11 is 0. The number of aliphatic hydroxyl groups is 1. The van der Waals surface area contributed by atoms with Crippen LogP contribution in [0.25, 0.3) is 0 Å². The number of hydrogen-bond donors (Lipinski definition) is 1. The molecule has 0 aliphatic rings. The normalized spacial score (nSPS) is 12.9. The van der Waals surface area contributed by atoms with Gasteiger partial charge in [0.25, 0.3) is 0 Å². The number of unbranched alkanes of at least 4 members (excludes halogenated alkanes) is 33. The molecule has 0 aromatic rings. The lowest BCUT2D eigenvalue weighted by atomic mass is 10.0. The van der Waals surface area contributed by atoms with E-state index in [1.54, 1.807) is 0 Å². The third kappa shape index (κ3) is 63.1. The van der Waals surface area contributed by atoms with Crippen LogP contribution in [0.3, 0.4) is 0 Å². The van der Waals surface area contributed by atoms with Gasteiger partial charge in [-0.05, 0) is 103 Å². The lowest BCUT2D eigenvalue weighted by Crippen LogP contribution is -2.28. The molecule has 0 saturated carbocycles. The van der Waals surface area contributed by atoms with E-state index in [2.05, 4.69) is 123 Å². The first-order valence-electron chi connectivity index (χ1n) is 32.4. The van der Waals surface area contributed by atoms with Crippen molar-refractivity contribution in [1.29, 1.82) is 0 Å². The van der Waals surface area contributed by atoms with Gasteiger partial charge in [0.1, 0.15) is 6.61 Å². The Morgan fingerprint density at radius 2 is 0.566 bits per heavy atom. The summed E-state index contributed by atoms with van der Waals surface area (Å²) in [5, 5.41) is 9.67. The zero-order chi connectivity index (χ0) is 54.8. The van der Waals surface area contributed by atoms with Crippen LogP contribution in [0.1, 0.15) is 309 Å². The van der Waals surface area contributed by atoms with E-state index in [1.807, 2.05) is 0 Å². The van der Waals surface area contributed by atoms with E-state index < -0.39 is 6.10 Å². The minimum absolute atomic E-state index is 0.0736. The summed E-state index contributed by atoms with van der Waals surface area (Å²) < 4.78 is 10.7. The van der Waals surface area contributed by atoms with Gasteiger partial charge in [-0.3, -0.25) is 9.59 Å². The maximum Gasteiger partial charge on any atom is 0.306 e. The summed E-state index contributed by atoms with van der Waals surface area (Å²) in [4.78, 5) is 24.6. The Balaban J connectivity index is 3.46. The zero-order valence-electron chi connectivity index (χ0n) is 50.0. The molecule has 0 radical (unpaired) electrons. The molecule has 0 aromatic carbocycles. The monoisotopic (exact) mass is 1050 g/mol. The molecule has 0 heterocycles. The number of aliphatic hydroxyl groups excluding tert-OH is 1. The number of hydrogen-bond acceptors (Lipinski definition) is 5. The molecule has 76 heavy (non-hydrogen) atoms. The highest BCUT2D eigenvalue weighted by Crippen LogP contribution is 2.17. The lowest BCUT2D eigenvalue weighted by molar-refractivity contribution is -0.161. The SMILES string of the molecule is CC/C=C\C/C=C\C/C=C\C/C=C\C/C=C\C/C=C\CCCCCCCCCCCCCCCCCCCCCCCCC(=O)OC(CO)COC(=O)CCCCCCCC/C=C\C/C=C\C/C=C\CCCCCCC. The minimum atomic E-state index is -0.782. The molecule has 0 aliphatic carbocycles. The molecule has 0 aromatic heterocycles. The van der Waals surface area contributed by atoms with E-state index in [0.717, 1.165) is 96.3 Å². The van der Waals surface area contributed by atoms with Crippen molar-refractivity contribution in [2.45, 2.75) is 315 Å². The van der Waals surface area contributed by atoms with Crippen molar-refractivity contribution in [3.05, 3.63) is 109 Å². The summed E-state index contributed by atoms with van der Waals surface area (Å²) in [6, 6.07) is 0. The van der Waals surface area contributed by atoms with Crippen molar-refractivity contribution in [2.75, 3.05) is 13.2 Å². The third-order valence-corrected chi connectivity index (χ3v) is 14.1. The maximum absolute atomic E-state index is 12.3. The van der Waals surface area contributed by atoms with E-state index in [0.29, 0.717) is 12.8 Å². The van der Waals surface area contributed by atoms with Gasteiger partial charge in [0.15, 0.2) is 6.10 Å². The van der Waals surface area contributed by atoms with Crippen LogP contribution >= 0.6 is 0 Å². The number of rotatable bonds is 59. The first-order chi connectivity index (χ1) is 37.6. The summed E-state index contributed by atoms with van der Waals surface area (Å²) in [7, 11) is 0. The molecule has 5 heteroatoms. The van der Waals surface area contributed by atoms with Gasteiger partial charge >= 0.3 is 11.9 Å². The van der Waals surface area contributed by atoms with Crippen molar-refractivity contribution in [3.8, 4) is 0 Å². The quantitative estimate of drug-likeness (QED) is 0.0373. The molecular formula is C71H122O5. The third-order valence-electron chi connectivity index (χ3n) is 14.1. The van der Waals surface area contributed by atoms with Crippen molar-refractivity contribution in [2.24, 2.45) is 0 Å². The maximum atomic E-state index is 12.3. The molecule has 436 valence electrons. The topological polar surface area (TPSA) is 72.8 Å². The van der Waals surface area contributed by atoms with Crippen LogP contribution in [0.2, 0.25) is 0 Å². The Labute approximate surface area is 471 Å². The highest BCUT2D eigenvalue weighted by atomic mass is 16.6. The van der Waals surface area contributed by atoms with Crippen molar-refractivity contribution in [1.82, 2.24) is 0 Å². The Bertz CT molecular complexity index is 1470. The van der Waals surface area contributed by atoms with Gasteiger partial charge in [0, 0.05) is 12.8 Å². The van der Waals surface area contributed by atoms with Gasteiger partial charge in [-0.25, -0.2) is 0 Å². The smallest absolute Gasteiger partial charge is 0.306 e. The van der Waals surface area contributed by atoms with Crippen LogP contribution in [0.15, 0.2) is 109 Å². The fourth-order valence-corrected chi connectivity index (χ4v) is 9.22. The molecule has 1 unspecified atom stereocenters. The number of allylic oxidation sites excluding steroid dienone is 18. The fourth-order valence-electron chi connectivity index (χ4n) is 9.22.